The van der Waals surface area contributed by atoms with Crippen molar-refractivity contribution in [1.82, 2.24) is 5.32 Å². The molecule has 0 spiro atoms. The minimum absolute atomic E-state index is 0.0225. The molecule has 1 aromatic carbocycles. The van der Waals surface area contributed by atoms with Crippen LogP contribution in [-0.4, -0.2) is 23.2 Å². The fourth-order valence-electron chi connectivity index (χ4n) is 1.59. The van der Waals surface area contributed by atoms with Crippen LogP contribution in [0.15, 0.2) is 30.3 Å². The standard InChI is InChI=1S/C14H18BrNO3/c1-10(2)13(12(17)8-15)16-14(18)19-9-11-6-4-3-5-7-11/h3-7,10,13H,8-9H2,1-2H3,(H,16,18)/t13-/m1/s1. The molecule has 0 heterocycles. The summed E-state index contributed by atoms with van der Waals surface area (Å²) in [4.78, 5) is 23.3. The van der Waals surface area contributed by atoms with Crippen molar-refractivity contribution >= 4 is 27.8 Å². The number of amides is 1. The summed E-state index contributed by atoms with van der Waals surface area (Å²) in [5.74, 6) is -0.0408. The van der Waals surface area contributed by atoms with Gasteiger partial charge in [0, 0.05) is 0 Å². The second-order valence-corrected chi connectivity index (χ2v) is 5.09. The van der Waals surface area contributed by atoms with Gasteiger partial charge in [0.2, 0.25) is 0 Å². The zero-order chi connectivity index (χ0) is 14.3. The summed E-state index contributed by atoms with van der Waals surface area (Å²) in [6, 6.07) is 8.87. The highest BCUT2D eigenvalue weighted by molar-refractivity contribution is 9.09. The van der Waals surface area contributed by atoms with E-state index in [0.29, 0.717) is 0 Å². The molecular weight excluding hydrogens is 310 g/mol. The van der Waals surface area contributed by atoms with Crippen molar-refractivity contribution in [1.29, 1.82) is 0 Å². The van der Waals surface area contributed by atoms with E-state index >= 15 is 0 Å². The average Bonchev–Trinajstić information content (AvgIpc) is 2.42. The molecule has 1 atom stereocenters. The average molecular weight is 328 g/mol. The van der Waals surface area contributed by atoms with Crippen LogP contribution in [0, 0.1) is 5.92 Å². The molecule has 5 heteroatoms. The summed E-state index contributed by atoms with van der Waals surface area (Å²) < 4.78 is 5.09. The normalized spacial score (nSPS) is 12.0. The van der Waals surface area contributed by atoms with E-state index in [1.165, 1.54) is 0 Å². The van der Waals surface area contributed by atoms with Gasteiger partial charge in [0.1, 0.15) is 6.61 Å². The minimum atomic E-state index is -0.572. The number of benzene rings is 1. The molecule has 19 heavy (non-hydrogen) atoms. The van der Waals surface area contributed by atoms with Crippen molar-refractivity contribution in [3.8, 4) is 0 Å². The zero-order valence-corrected chi connectivity index (χ0v) is 12.6. The third kappa shape index (κ3) is 5.42. The molecule has 4 nitrogen and oxygen atoms in total. The molecule has 0 bridgehead atoms. The highest BCUT2D eigenvalue weighted by Crippen LogP contribution is 2.06. The number of hydrogen-bond donors (Lipinski definition) is 1. The molecule has 0 radical (unpaired) electrons. The van der Waals surface area contributed by atoms with Gasteiger partial charge >= 0.3 is 6.09 Å². The first kappa shape index (κ1) is 15.7. The highest BCUT2D eigenvalue weighted by atomic mass is 79.9. The first-order valence-electron chi connectivity index (χ1n) is 6.10. The van der Waals surface area contributed by atoms with Crippen molar-refractivity contribution in [3.63, 3.8) is 0 Å². The largest absolute Gasteiger partial charge is 0.445 e. The first-order valence-corrected chi connectivity index (χ1v) is 7.22. The first-order chi connectivity index (χ1) is 9.04. The number of halogens is 1. The van der Waals surface area contributed by atoms with E-state index in [4.69, 9.17) is 4.74 Å². The van der Waals surface area contributed by atoms with E-state index in [2.05, 4.69) is 21.2 Å². The molecule has 0 aliphatic rings. The van der Waals surface area contributed by atoms with E-state index < -0.39 is 12.1 Å². The summed E-state index contributed by atoms with van der Waals surface area (Å²) in [7, 11) is 0. The van der Waals surface area contributed by atoms with E-state index in [9.17, 15) is 9.59 Å². The van der Waals surface area contributed by atoms with Gasteiger partial charge in [-0.25, -0.2) is 4.79 Å². The molecule has 0 fully saturated rings. The Morgan fingerprint density at radius 2 is 1.89 bits per heavy atom. The van der Waals surface area contributed by atoms with E-state index in [0.717, 1.165) is 5.56 Å². The summed E-state index contributed by atoms with van der Waals surface area (Å²) >= 11 is 3.11. The SMILES string of the molecule is CC(C)[C@@H](NC(=O)OCc1ccccc1)C(=O)CBr. The predicted octanol–water partition coefficient (Wildman–Crippen LogP) is 2.90. The Morgan fingerprint density at radius 3 is 2.42 bits per heavy atom. The lowest BCUT2D eigenvalue weighted by Crippen LogP contribution is -2.45. The van der Waals surface area contributed by atoms with E-state index in [1.807, 2.05) is 44.2 Å². The van der Waals surface area contributed by atoms with Gasteiger partial charge in [0.15, 0.2) is 5.78 Å². The second-order valence-electron chi connectivity index (χ2n) is 4.53. The maximum atomic E-state index is 11.7. The highest BCUT2D eigenvalue weighted by Gasteiger charge is 2.23. The number of Topliss-reactive ketones (excluding diaryl/α,β-unsaturated/α-hetero) is 1. The molecule has 0 saturated heterocycles. The lowest BCUT2D eigenvalue weighted by molar-refractivity contribution is -0.119. The van der Waals surface area contributed by atoms with E-state index in [1.54, 1.807) is 0 Å². The number of ketones is 1. The third-order valence-electron chi connectivity index (χ3n) is 2.63. The molecule has 1 N–H and O–H groups in total. The van der Waals surface area contributed by atoms with Crippen molar-refractivity contribution < 1.29 is 14.3 Å². The number of hydrogen-bond acceptors (Lipinski definition) is 3. The Morgan fingerprint density at radius 1 is 1.26 bits per heavy atom. The summed E-state index contributed by atoms with van der Waals surface area (Å²) in [5, 5.41) is 2.81. The van der Waals surface area contributed by atoms with Gasteiger partial charge in [-0.05, 0) is 11.5 Å². The number of alkyl halides is 1. The molecule has 1 aromatic rings. The Labute approximate surface area is 121 Å². The number of carbonyl (C=O) groups excluding carboxylic acids is 2. The quantitative estimate of drug-likeness (QED) is 0.817. The van der Waals surface area contributed by atoms with Crippen LogP contribution in [0.4, 0.5) is 4.79 Å². The van der Waals surface area contributed by atoms with Gasteiger partial charge in [-0.15, -0.1) is 0 Å². The van der Waals surface area contributed by atoms with Crippen LogP contribution in [-0.2, 0) is 16.1 Å². The van der Waals surface area contributed by atoms with Crippen LogP contribution in [0.2, 0.25) is 0 Å². The summed E-state index contributed by atoms with van der Waals surface area (Å²) in [6.07, 6.45) is -0.572. The smallest absolute Gasteiger partial charge is 0.408 e. The molecule has 0 unspecified atom stereocenters. The van der Waals surface area contributed by atoms with Gasteiger partial charge in [-0.2, -0.15) is 0 Å². The summed E-state index contributed by atoms with van der Waals surface area (Å²) in [6.45, 7) is 3.95. The molecule has 0 aliphatic carbocycles. The molecule has 1 amide bonds. The van der Waals surface area contributed by atoms with Crippen LogP contribution in [0.5, 0.6) is 0 Å². The van der Waals surface area contributed by atoms with Crippen molar-refractivity contribution in [2.45, 2.75) is 26.5 Å². The van der Waals surface area contributed by atoms with Gasteiger partial charge in [-0.3, -0.25) is 4.79 Å². The van der Waals surface area contributed by atoms with Crippen molar-refractivity contribution in [2.75, 3.05) is 5.33 Å². The lowest BCUT2D eigenvalue weighted by atomic mass is 10.0. The Balaban J connectivity index is 2.47. The van der Waals surface area contributed by atoms with Crippen LogP contribution in [0.1, 0.15) is 19.4 Å². The molecule has 0 aliphatic heterocycles. The number of alkyl carbamates (subject to hydrolysis) is 1. The van der Waals surface area contributed by atoms with Crippen molar-refractivity contribution in [2.24, 2.45) is 5.92 Å². The maximum Gasteiger partial charge on any atom is 0.408 e. The Bertz CT molecular complexity index is 420. The molecular formula is C14H18BrNO3. The molecule has 1 rings (SSSR count). The van der Waals surface area contributed by atoms with Gasteiger partial charge in [0.25, 0.3) is 0 Å². The van der Waals surface area contributed by atoms with Gasteiger partial charge < -0.3 is 10.1 Å². The second kappa shape index (κ2) is 7.94. The fourth-order valence-corrected chi connectivity index (χ4v) is 1.94. The predicted molar refractivity (Wildman–Crippen MR) is 77.2 cm³/mol. The monoisotopic (exact) mass is 327 g/mol. The Hall–Kier alpha value is -1.36. The van der Waals surface area contributed by atoms with Crippen molar-refractivity contribution in [3.05, 3.63) is 35.9 Å². The minimum Gasteiger partial charge on any atom is -0.445 e. The van der Waals surface area contributed by atoms with Gasteiger partial charge in [0.05, 0.1) is 11.4 Å². The molecule has 0 aromatic heterocycles. The van der Waals surface area contributed by atoms with Gasteiger partial charge in [-0.1, -0.05) is 60.1 Å². The topological polar surface area (TPSA) is 55.4 Å². The maximum absolute atomic E-state index is 11.7. The molecule has 0 saturated carbocycles. The van der Waals surface area contributed by atoms with Crippen LogP contribution >= 0.6 is 15.9 Å². The number of rotatable bonds is 6. The molecule has 104 valence electrons. The van der Waals surface area contributed by atoms with E-state index in [-0.39, 0.29) is 23.6 Å². The number of carbonyl (C=O) groups is 2. The summed E-state index contributed by atoms with van der Waals surface area (Å²) in [5.41, 5.74) is 0.908. The number of ether oxygens (including phenoxy) is 1. The number of nitrogens with one attached hydrogen (secondary N) is 1. The Kier molecular flexibility index (Phi) is 6.56. The van der Waals surface area contributed by atoms with Crippen LogP contribution in [0.3, 0.4) is 0 Å². The third-order valence-corrected chi connectivity index (χ3v) is 3.18. The zero-order valence-electron chi connectivity index (χ0n) is 11.1. The fraction of sp³-hybridized carbons (Fsp3) is 0.429. The lowest BCUT2D eigenvalue weighted by Gasteiger charge is -2.19. The van der Waals surface area contributed by atoms with Crippen LogP contribution in [0.25, 0.3) is 0 Å². The van der Waals surface area contributed by atoms with Crippen LogP contribution < -0.4 is 5.32 Å².